The van der Waals surface area contributed by atoms with Crippen LogP contribution in [0.25, 0.3) is 22.2 Å². The molecule has 3 aliphatic rings. The fraction of sp³-hybridized carbons (Fsp3) is 0.568. The molecule has 1 aliphatic heterocycles. The van der Waals surface area contributed by atoms with E-state index in [0.29, 0.717) is 31.7 Å². The number of nitrogens with zero attached hydrogens (tertiary/aromatic N) is 4. The number of hydrogen-bond donors (Lipinski definition) is 1. The first-order chi connectivity index (χ1) is 24.1. The van der Waals surface area contributed by atoms with E-state index >= 15 is 0 Å². The van der Waals surface area contributed by atoms with Crippen LogP contribution in [0.3, 0.4) is 0 Å². The van der Waals surface area contributed by atoms with Gasteiger partial charge in [0, 0.05) is 74.8 Å². The SMILES string of the molecule is CC[C@@H](CN(CC)S(C)(=O)=O)N(C)C(=O)C12CC1c1cc(OC)ccc1-c1c(C3CCCCC3)c3ccc(C(=O)NS(=O)(=O)N(C)C)cc3n1C2. The molecule has 2 unspecified atom stereocenters. The van der Waals surface area contributed by atoms with Gasteiger partial charge in [-0.2, -0.15) is 12.7 Å². The van der Waals surface area contributed by atoms with Crippen LogP contribution in [-0.2, 0) is 31.6 Å². The predicted octanol–water partition coefficient (Wildman–Crippen LogP) is 4.91. The minimum atomic E-state index is -4.02. The summed E-state index contributed by atoms with van der Waals surface area (Å²) < 4.78 is 62.7. The van der Waals surface area contributed by atoms with Gasteiger partial charge < -0.3 is 14.2 Å². The van der Waals surface area contributed by atoms with Crippen LogP contribution < -0.4 is 9.46 Å². The van der Waals surface area contributed by atoms with Crippen molar-refractivity contribution >= 4 is 42.9 Å². The molecule has 51 heavy (non-hydrogen) atoms. The van der Waals surface area contributed by atoms with Gasteiger partial charge >= 0.3 is 10.2 Å². The Morgan fingerprint density at radius 1 is 1.02 bits per heavy atom. The van der Waals surface area contributed by atoms with E-state index < -0.39 is 31.6 Å². The van der Waals surface area contributed by atoms with Crippen molar-refractivity contribution < 1.29 is 31.2 Å². The molecule has 0 bridgehead atoms. The molecule has 2 heterocycles. The van der Waals surface area contributed by atoms with Gasteiger partial charge in [0.05, 0.1) is 24.5 Å². The second kappa shape index (κ2) is 13.8. The summed E-state index contributed by atoms with van der Waals surface area (Å²) in [5.74, 6) is 0.116. The lowest BCUT2D eigenvalue weighted by molar-refractivity contribution is -0.138. The highest BCUT2D eigenvalue weighted by Crippen LogP contribution is 2.66. The summed E-state index contributed by atoms with van der Waals surface area (Å²) in [6, 6.07) is 11.2. The summed E-state index contributed by atoms with van der Waals surface area (Å²) in [5.41, 5.74) is 4.50. The van der Waals surface area contributed by atoms with Gasteiger partial charge in [0.2, 0.25) is 15.9 Å². The zero-order chi connectivity index (χ0) is 37.0. The van der Waals surface area contributed by atoms with Gasteiger partial charge in [-0.1, -0.05) is 39.2 Å². The number of ether oxygens (including phenoxy) is 1. The number of likely N-dealkylation sites (N-methyl/N-ethyl adjacent to an activating group) is 2. The third kappa shape index (κ3) is 6.68. The lowest BCUT2D eigenvalue weighted by Gasteiger charge is -2.34. The zero-order valence-corrected chi connectivity index (χ0v) is 32.4. The second-order valence-corrected chi connectivity index (χ2v) is 18.6. The van der Waals surface area contributed by atoms with Crippen LogP contribution in [-0.4, -0.2) is 100 Å². The number of rotatable bonds is 12. The molecule has 1 aromatic heterocycles. The average Bonchev–Trinajstić information content (AvgIpc) is 3.77. The minimum absolute atomic E-state index is 0.0439. The molecule has 3 atom stereocenters. The Kier molecular flexibility index (Phi) is 10.1. The van der Waals surface area contributed by atoms with Crippen molar-refractivity contribution in [3.05, 3.63) is 53.1 Å². The molecule has 2 fully saturated rings. The minimum Gasteiger partial charge on any atom is -0.497 e. The maximum Gasteiger partial charge on any atom is 0.303 e. The third-order valence-electron chi connectivity index (χ3n) is 11.5. The molecular formula is C37H51N5O7S2. The van der Waals surface area contributed by atoms with E-state index in [1.165, 1.54) is 36.6 Å². The van der Waals surface area contributed by atoms with Crippen molar-refractivity contribution in [3.63, 3.8) is 0 Å². The molecule has 278 valence electrons. The molecule has 6 rings (SSSR count). The van der Waals surface area contributed by atoms with Gasteiger partial charge in [-0.3, -0.25) is 9.59 Å². The fourth-order valence-electron chi connectivity index (χ4n) is 8.47. The predicted molar refractivity (Wildman–Crippen MR) is 199 cm³/mol. The van der Waals surface area contributed by atoms with Crippen LogP contribution in [0.2, 0.25) is 0 Å². The monoisotopic (exact) mass is 741 g/mol. The topological polar surface area (TPSA) is 138 Å². The first kappa shape index (κ1) is 37.3. The maximum atomic E-state index is 14.9. The van der Waals surface area contributed by atoms with Gasteiger partial charge in [-0.25, -0.2) is 17.4 Å². The highest BCUT2D eigenvalue weighted by atomic mass is 32.2. The Hall–Kier alpha value is -3.46. The number of methoxy groups -OCH3 is 1. The highest BCUT2D eigenvalue weighted by Gasteiger charge is 2.64. The molecule has 2 aromatic carbocycles. The molecule has 14 heteroatoms. The number of carbonyl (C=O) groups is 2. The van der Waals surface area contributed by atoms with Gasteiger partial charge in [-0.15, -0.1) is 0 Å². The van der Waals surface area contributed by atoms with Crippen molar-refractivity contribution in [2.75, 3.05) is 47.6 Å². The summed E-state index contributed by atoms with van der Waals surface area (Å²) in [6.07, 6.45) is 7.86. The molecule has 12 nitrogen and oxygen atoms in total. The quantitative estimate of drug-likeness (QED) is 0.279. The summed E-state index contributed by atoms with van der Waals surface area (Å²) in [5, 5.41) is 0.999. The van der Waals surface area contributed by atoms with Crippen molar-refractivity contribution in [1.29, 1.82) is 0 Å². The molecule has 0 radical (unpaired) electrons. The van der Waals surface area contributed by atoms with E-state index in [2.05, 4.69) is 21.4 Å². The number of nitrogens with one attached hydrogen (secondary N) is 1. The van der Waals surface area contributed by atoms with Crippen molar-refractivity contribution in [2.24, 2.45) is 5.41 Å². The molecule has 2 saturated carbocycles. The largest absolute Gasteiger partial charge is 0.497 e. The Morgan fingerprint density at radius 2 is 1.73 bits per heavy atom. The Bertz CT molecular complexity index is 2070. The molecule has 0 spiro atoms. The lowest BCUT2D eigenvalue weighted by atomic mass is 9.81. The molecule has 3 aromatic rings. The average molecular weight is 742 g/mol. The van der Waals surface area contributed by atoms with Gasteiger partial charge in [0.15, 0.2) is 0 Å². The maximum absolute atomic E-state index is 14.9. The first-order valence-corrected chi connectivity index (χ1v) is 21.2. The summed E-state index contributed by atoms with van der Waals surface area (Å²) in [4.78, 5) is 30.1. The van der Waals surface area contributed by atoms with Crippen LogP contribution in [0.4, 0.5) is 0 Å². The van der Waals surface area contributed by atoms with E-state index in [-0.39, 0.29) is 35.9 Å². The van der Waals surface area contributed by atoms with E-state index in [4.69, 9.17) is 4.74 Å². The number of fused-ring (bicyclic) bond motifs is 7. The van der Waals surface area contributed by atoms with Crippen LogP contribution in [0.5, 0.6) is 5.75 Å². The summed E-state index contributed by atoms with van der Waals surface area (Å²) in [7, 11) is -1.34. The number of carbonyl (C=O) groups excluding carboxylic acids is 2. The van der Waals surface area contributed by atoms with Gasteiger partial charge in [-0.05, 0) is 73.1 Å². The molecule has 2 amide bonds. The number of amides is 2. The lowest BCUT2D eigenvalue weighted by Crippen LogP contribution is -2.49. The van der Waals surface area contributed by atoms with Crippen molar-refractivity contribution in [2.45, 2.75) is 83.2 Å². The standard InChI is InChI=1S/C37H51N5O7S2/c1-8-26(22-41(9-2)50(7,45)46)40(5)36(44)37-21-31(37)30-20-27(49-6)16-18-28(30)34-33(24-13-11-10-12-14-24)29-17-15-25(19-32(29)42(34)23-37)35(43)38-51(47,48)39(3)4/h15-20,24,26,31H,8-14,21-23H2,1-7H3,(H,38,43)/t26-,31?,37?/m0/s1. The Balaban J connectivity index is 1.53. The smallest absolute Gasteiger partial charge is 0.303 e. The molecule has 0 saturated heterocycles. The van der Waals surface area contributed by atoms with Crippen LogP contribution in [0.1, 0.15) is 92.1 Å². The number of hydrogen-bond acceptors (Lipinski definition) is 7. The van der Waals surface area contributed by atoms with Crippen LogP contribution >= 0.6 is 0 Å². The Morgan fingerprint density at radius 3 is 2.33 bits per heavy atom. The number of sulfonamides is 1. The Labute approximate surface area is 302 Å². The normalized spacial score (nSPS) is 21.1. The fourth-order valence-corrected chi connectivity index (χ4v) is 9.91. The van der Waals surface area contributed by atoms with E-state index in [1.54, 1.807) is 38.1 Å². The zero-order valence-electron chi connectivity index (χ0n) is 30.7. The first-order valence-electron chi connectivity index (χ1n) is 17.9. The van der Waals surface area contributed by atoms with Gasteiger partial charge in [0.1, 0.15) is 5.75 Å². The van der Waals surface area contributed by atoms with Crippen molar-refractivity contribution in [3.8, 4) is 17.0 Å². The van der Waals surface area contributed by atoms with Gasteiger partial charge in [0.25, 0.3) is 5.91 Å². The molecular weight excluding hydrogens is 691 g/mol. The van der Waals surface area contributed by atoms with Crippen molar-refractivity contribution in [1.82, 2.24) is 22.8 Å². The van der Waals surface area contributed by atoms with Crippen LogP contribution in [0, 0.1) is 5.41 Å². The number of aromatic nitrogens is 1. The van der Waals surface area contributed by atoms with E-state index in [0.717, 1.165) is 57.7 Å². The molecule has 2 aliphatic carbocycles. The van der Waals surface area contributed by atoms with E-state index in [9.17, 15) is 26.4 Å². The summed E-state index contributed by atoms with van der Waals surface area (Å²) >= 11 is 0. The molecule has 1 N–H and O–H groups in total. The second-order valence-electron chi connectivity index (χ2n) is 14.7. The van der Waals surface area contributed by atoms with Crippen LogP contribution in [0.15, 0.2) is 36.4 Å². The van der Waals surface area contributed by atoms with E-state index in [1.807, 2.05) is 19.1 Å². The summed E-state index contributed by atoms with van der Waals surface area (Å²) in [6.45, 7) is 4.64. The number of benzene rings is 2. The highest BCUT2D eigenvalue weighted by molar-refractivity contribution is 7.88. The third-order valence-corrected chi connectivity index (χ3v) is 14.2.